The zero-order chi connectivity index (χ0) is 14.0. The minimum atomic E-state index is -0.177. The number of rotatable bonds is 3. The van der Waals surface area contributed by atoms with Crippen LogP contribution in [0.5, 0.6) is 0 Å². The lowest BCUT2D eigenvalue weighted by Crippen LogP contribution is -2.26. The van der Waals surface area contributed by atoms with Crippen LogP contribution < -0.4 is 11.1 Å². The number of carbonyl (C=O) groups is 1. The van der Waals surface area contributed by atoms with Gasteiger partial charge < -0.3 is 15.5 Å². The third kappa shape index (κ3) is 2.96. The number of amides is 1. The normalized spacial score (nSPS) is 12.2. The zero-order valence-electron chi connectivity index (χ0n) is 11.4. The van der Waals surface area contributed by atoms with Crippen molar-refractivity contribution in [3.05, 3.63) is 53.0 Å². The van der Waals surface area contributed by atoms with Crippen LogP contribution in [0.1, 0.15) is 40.4 Å². The molecule has 19 heavy (non-hydrogen) atoms. The molecule has 0 fully saturated rings. The average Bonchev–Trinajstić information content (AvgIpc) is 2.79. The van der Waals surface area contributed by atoms with E-state index in [9.17, 15) is 4.79 Å². The predicted octanol–water partition coefficient (Wildman–Crippen LogP) is 2.97. The molecule has 0 saturated carbocycles. The van der Waals surface area contributed by atoms with Crippen LogP contribution in [-0.2, 0) is 0 Å². The van der Waals surface area contributed by atoms with Gasteiger partial charge in [-0.15, -0.1) is 0 Å². The summed E-state index contributed by atoms with van der Waals surface area (Å²) in [5.74, 6) is 1.41. The van der Waals surface area contributed by atoms with E-state index in [1.807, 2.05) is 39.0 Å². The number of aryl methyl sites for hydroxylation is 2. The SMILES string of the molecule is Cc1ccc(C(C)NC(=O)c2ccc(C)c(N)c2)o1. The van der Waals surface area contributed by atoms with Gasteiger partial charge in [0.1, 0.15) is 11.5 Å². The Morgan fingerprint density at radius 1 is 1.26 bits per heavy atom. The maximum Gasteiger partial charge on any atom is 0.251 e. The van der Waals surface area contributed by atoms with Gasteiger partial charge in [-0.1, -0.05) is 6.07 Å². The fraction of sp³-hybridized carbons (Fsp3) is 0.267. The van der Waals surface area contributed by atoms with Crippen molar-refractivity contribution in [3.8, 4) is 0 Å². The Kier molecular flexibility index (Phi) is 3.60. The Balaban J connectivity index is 2.10. The van der Waals surface area contributed by atoms with E-state index in [-0.39, 0.29) is 11.9 Å². The van der Waals surface area contributed by atoms with Gasteiger partial charge in [0, 0.05) is 11.3 Å². The highest BCUT2D eigenvalue weighted by Gasteiger charge is 2.14. The van der Waals surface area contributed by atoms with Crippen molar-refractivity contribution in [2.75, 3.05) is 5.73 Å². The number of hydrogen-bond acceptors (Lipinski definition) is 3. The minimum absolute atomic E-state index is 0.159. The second-order valence-corrected chi connectivity index (χ2v) is 4.71. The molecule has 0 radical (unpaired) electrons. The number of anilines is 1. The first-order valence-electron chi connectivity index (χ1n) is 6.20. The molecule has 0 aliphatic carbocycles. The maximum atomic E-state index is 12.1. The summed E-state index contributed by atoms with van der Waals surface area (Å²) in [6.45, 7) is 5.66. The highest BCUT2D eigenvalue weighted by molar-refractivity contribution is 5.95. The van der Waals surface area contributed by atoms with Crippen molar-refractivity contribution >= 4 is 11.6 Å². The second-order valence-electron chi connectivity index (χ2n) is 4.71. The molecule has 4 nitrogen and oxygen atoms in total. The molecular formula is C15H18N2O2. The van der Waals surface area contributed by atoms with Crippen molar-refractivity contribution in [1.82, 2.24) is 5.32 Å². The summed E-state index contributed by atoms with van der Waals surface area (Å²) in [4.78, 5) is 12.1. The lowest BCUT2D eigenvalue weighted by molar-refractivity contribution is 0.0935. The summed E-state index contributed by atoms with van der Waals surface area (Å²) in [6.07, 6.45) is 0. The number of benzene rings is 1. The van der Waals surface area contributed by atoms with Crippen molar-refractivity contribution in [2.24, 2.45) is 0 Å². The molecule has 4 heteroatoms. The molecule has 3 N–H and O–H groups in total. The number of carbonyl (C=O) groups excluding carboxylic acids is 1. The van der Waals surface area contributed by atoms with Crippen molar-refractivity contribution in [3.63, 3.8) is 0 Å². The van der Waals surface area contributed by atoms with E-state index in [1.54, 1.807) is 12.1 Å². The Hall–Kier alpha value is -2.23. The third-order valence-corrected chi connectivity index (χ3v) is 3.08. The van der Waals surface area contributed by atoms with Gasteiger partial charge >= 0.3 is 0 Å². The molecule has 1 amide bonds. The van der Waals surface area contributed by atoms with Gasteiger partial charge in [0.2, 0.25) is 0 Å². The van der Waals surface area contributed by atoms with Gasteiger partial charge in [0.05, 0.1) is 6.04 Å². The molecule has 0 aliphatic heterocycles. The number of nitrogens with one attached hydrogen (secondary N) is 1. The van der Waals surface area contributed by atoms with E-state index in [4.69, 9.17) is 10.2 Å². The molecule has 100 valence electrons. The third-order valence-electron chi connectivity index (χ3n) is 3.08. The zero-order valence-corrected chi connectivity index (χ0v) is 11.4. The summed E-state index contributed by atoms with van der Waals surface area (Å²) in [7, 11) is 0. The Labute approximate surface area is 112 Å². The number of nitrogens with two attached hydrogens (primary N) is 1. The minimum Gasteiger partial charge on any atom is -0.464 e. The van der Waals surface area contributed by atoms with Crippen molar-refractivity contribution < 1.29 is 9.21 Å². The molecule has 1 aromatic heterocycles. The van der Waals surface area contributed by atoms with E-state index >= 15 is 0 Å². The summed E-state index contributed by atoms with van der Waals surface area (Å²) in [5, 5.41) is 2.88. The summed E-state index contributed by atoms with van der Waals surface area (Å²) in [5.41, 5.74) is 7.94. The van der Waals surface area contributed by atoms with E-state index in [0.717, 1.165) is 17.1 Å². The van der Waals surface area contributed by atoms with Crippen molar-refractivity contribution in [2.45, 2.75) is 26.8 Å². The first-order chi connectivity index (χ1) is 8.97. The topological polar surface area (TPSA) is 68.3 Å². The van der Waals surface area contributed by atoms with Gasteiger partial charge in [0.25, 0.3) is 5.91 Å². The van der Waals surface area contributed by atoms with Crippen LogP contribution in [0.15, 0.2) is 34.7 Å². The monoisotopic (exact) mass is 258 g/mol. The van der Waals surface area contributed by atoms with Crippen LogP contribution in [0.25, 0.3) is 0 Å². The van der Waals surface area contributed by atoms with Crippen LogP contribution in [0.2, 0.25) is 0 Å². The number of furan rings is 1. The van der Waals surface area contributed by atoms with E-state index < -0.39 is 0 Å². The lowest BCUT2D eigenvalue weighted by atomic mass is 10.1. The molecule has 1 aromatic carbocycles. The summed E-state index contributed by atoms with van der Waals surface area (Å²) < 4.78 is 5.49. The molecule has 1 atom stereocenters. The molecule has 1 heterocycles. The Morgan fingerprint density at radius 3 is 2.58 bits per heavy atom. The Morgan fingerprint density at radius 2 is 2.00 bits per heavy atom. The van der Waals surface area contributed by atoms with Crippen molar-refractivity contribution in [1.29, 1.82) is 0 Å². The predicted molar refractivity (Wildman–Crippen MR) is 74.9 cm³/mol. The maximum absolute atomic E-state index is 12.1. The molecule has 0 aliphatic rings. The first-order valence-corrected chi connectivity index (χ1v) is 6.20. The fourth-order valence-corrected chi connectivity index (χ4v) is 1.82. The fourth-order valence-electron chi connectivity index (χ4n) is 1.82. The molecular weight excluding hydrogens is 240 g/mol. The molecule has 1 unspecified atom stereocenters. The number of hydrogen-bond donors (Lipinski definition) is 2. The number of nitrogen functional groups attached to an aromatic ring is 1. The quantitative estimate of drug-likeness (QED) is 0.832. The highest BCUT2D eigenvalue weighted by atomic mass is 16.3. The van der Waals surface area contributed by atoms with Crippen LogP contribution in [0, 0.1) is 13.8 Å². The molecule has 0 bridgehead atoms. The van der Waals surface area contributed by atoms with Crippen LogP contribution >= 0.6 is 0 Å². The van der Waals surface area contributed by atoms with Gasteiger partial charge in [-0.2, -0.15) is 0 Å². The average molecular weight is 258 g/mol. The molecule has 2 rings (SSSR count). The van der Waals surface area contributed by atoms with Gasteiger partial charge in [0.15, 0.2) is 0 Å². The highest BCUT2D eigenvalue weighted by Crippen LogP contribution is 2.17. The Bertz CT molecular complexity index is 602. The van der Waals surface area contributed by atoms with Gasteiger partial charge in [-0.25, -0.2) is 0 Å². The van der Waals surface area contributed by atoms with Gasteiger partial charge in [-0.05, 0) is 50.6 Å². The summed E-state index contributed by atoms with van der Waals surface area (Å²) in [6, 6.07) is 8.85. The molecule has 0 spiro atoms. The van der Waals surface area contributed by atoms with Crippen LogP contribution in [-0.4, -0.2) is 5.91 Å². The van der Waals surface area contributed by atoms with Crippen LogP contribution in [0.3, 0.4) is 0 Å². The lowest BCUT2D eigenvalue weighted by Gasteiger charge is -2.12. The van der Waals surface area contributed by atoms with E-state index in [1.165, 1.54) is 0 Å². The standard InChI is InChI=1S/C15H18N2O2/c1-9-4-6-12(8-13(9)16)15(18)17-11(3)14-7-5-10(2)19-14/h4-8,11H,16H2,1-3H3,(H,17,18). The van der Waals surface area contributed by atoms with Gasteiger partial charge in [-0.3, -0.25) is 4.79 Å². The van der Waals surface area contributed by atoms with E-state index in [0.29, 0.717) is 11.3 Å². The van der Waals surface area contributed by atoms with Crippen LogP contribution in [0.4, 0.5) is 5.69 Å². The molecule has 2 aromatic rings. The largest absolute Gasteiger partial charge is 0.464 e. The second kappa shape index (κ2) is 5.18. The summed E-state index contributed by atoms with van der Waals surface area (Å²) >= 11 is 0. The molecule has 0 saturated heterocycles. The first kappa shape index (κ1) is 13.2. The smallest absolute Gasteiger partial charge is 0.251 e. The van der Waals surface area contributed by atoms with E-state index in [2.05, 4.69) is 5.32 Å².